The average molecular weight is 220 g/mol. The number of hydrogen-bond donors (Lipinski definition) is 2. The molecule has 0 aliphatic heterocycles. The first-order valence-electron chi connectivity index (χ1n) is 5.24. The van der Waals surface area contributed by atoms with Gasteiger partial charge in [-0.3, -0.25) is 0 Å². The molecule has 0 aliphatic rings. The minimum absolute atomic E-state index is 0.129. The third kappa shape index (κ3) is 2.20. The third-order valence-electron chi connectivity index (χ3n) is 2.63. The van der Waals surface area contributed by atoms with Crippen molar-refractivity contribution in [2.45, 2.75) is 18.9 Å². The van der Waals surface area contributed by atoms with Gasteiger partial charge >= 0.3 is 0 Å². The van der Waals surface area contributed by atoms with Crippen LogP contribution in [0, 0.1) is 0 Å². The molecule has 0 radical (unpaired) electrons. The summed E-state index contributed by atoms with van der Waals surface area (Å²) in [6.07, 6.45) is 1.96. The Morgan fingerprint density at radius 2 is 2.07 bits per heavy atom. The van der Waals surface area contributed by atoms with Crippen LogP contribution < -0.4 is 11.5 Å². The minimum atomic E-state index is 0.129. The number of thiophene rings is 1. The lowest BCUT2D eigenvalue weighted by Crippen LogP contribution is -2.11. The quantitative estimate of drug-likeness (QED) is 0.832. The van der Waals surface area contributed by atoms with E-state index in [0.717, 1.165) is 19.4 Å². The summed E-state index contributed by atoms with van der Waals surface area (Å²) in [5.74, 6) is 0. The van der Waals surface area contributed by atoms with Crippen LogP contribution in [0.4, 0.5) is 0 Å². The van der Waals surface area contributed by atoms with E-state index in [1.165, 1.54) is 15.6 Å². The van der Waals surface area contributed by atoms with Gasteiger partial charge in [-0.25, -0.2) is 0 Å². The summed E-state index contributed by atoms with van der Waals surface area (Å²) in [5, 5.41) is 3.47. The Balaban J connectivity index is 2.27. The van der Waals surface area contributed by atoms with Crippen LogP contribution in [0.5, 0.6) is 0 Å². The predicted octanol–water partition coefficient (Wildman–Crippen LogP) is 2.64. The fourth-order valence-electron chi connectivity index (χ4n) is 1.78. The SMILES string of the molecule is NCCC[C@@H](N)c1csc2ccccc12. The maximum absolute atomic E-state index is 6.14. The van der Waals surface area contributed by atoms with E-state index in [1.54, 1.807) is 11.3 Å². The van der Waals surface area contributed by atoms with Gasteiger partial charge in [0, 0.05) is 10.7 Å². The smallest absolute Gasteiger partial charge is 0.0346 e. The molecule has 1 heterocycles. The molecule has 2 rings (SSSR count). The topological polar surface area (TPSA) is 52.0 Å². The van der Waals surface area contributed by atoms with Gasteiger partial charge in [-0.2, -0.15) is 0 Å². The Bertz CT molecular complexity index is 436. The van der Waals surface area contributed by atoms with Crippen LogP contribution in [0.2, 0.25) is 0 Å². The van der Waals surface area contributed by atoms with Gasteiger partial charge in [0.05, 0.1) is 0 Å². The van der Waals surface area contributed by atoms with Crippen molar-refractivity contribution >= 4 is 21.4 Å². The molecule has 0 amide bonds. The van der Waals surface area contributed by atoms with E-state index >= 15 is 0 Å². The second-order valence-corrected chi connectivity index (χ2v) is 4.64. The Kier molecular flexibility index (Phi) is 3.36. The lowest BCUT2D eigenvalue weighted by molar-refractivity contribution is 0.623. The highest BCUT2D eigenvalue weighted by Crippen LogP contribution is 2.30. The van der Waals surface area contributed by atoms with Crippen molar-refractivity contribution in [1.82, 2.24) is 0 Å². The zero-order valence-corrected chi connectivity index (χ0v) is 9.46. The summed E-state index contributed by atoms with van der Waals surface area (Å²) in [4.78, 5) is 0. The Morgan fingerprint density at radius 3 is 2.87 bits per heavy atom. The van der Waals surface area contributed by atoms with Gasteiger partial charge in [0.15, 0.2) is 0 Å². The summed E-state index contributed by atoms with van der Waals surface area (Å²) in [5.41, 5.74) is 12.9. The molecule has 0 aliphatic carbocycles. The summed E-state index contributed by atoms with van der Waals surface area (Å²) < 4.78 is 1.32. The van der Waals surface area contributed by atoms with E-state index in [1.807, 2.05) is 0 Å². The van der Waals surface area contributed by atoms with Crippen LogP contribution in [0.25, 0.3) is 10.1 Å². The van der Waals surface area contributed by atoms with Crippen LogP contribution in [-0.2, 0) is 0 Å². The molecular weight excluding hydrogens is 204 g/mol. The van der Waals surface area contributed by atoms with E-state index in [9.17, 15) is 0 Å². The number of hydrogen-bond acceptors (Lipinski definition) is 3. The molecule has 80 valence electrons. The van der Waals surface area contributed by atoms with E-state index in [2.05, 4.69) is 29.6 Å². The van der Waals surface area contributed by atoms with Gasteiger partial charge in [-0.1, -0.05) is 18.2 Å². The van der Waals surface area contributed by atoms with E-state index in [0.29, 0.717) is 0 Å². The normalized spacial score (nSPS) is 13.2. The van der Waals surface area contributed by atoms with E-state index in [-0.39, 0.29) is 6.04 Å². The van der Waals surface area contributed by atoms with Crippen molar-refractivity contribution in [3.05, 3.63) is 35.2 Å². The van der Waals surface area contributed by atoms with Gasteiger partial charge < -0.3 is 11.5 Å². The highest BCUT2D eigenvalue weighted by Gasteiger charge is 2.10. The summed E-state index contributed by atoms with van der Waals surface area (Å²) in [7, 11) is 0. The lowest BCUT2D eigenvalue weighted by atomic mass is 10.0. The van der Waals surface area contributed by atoms with E-state index in [4.69, 9.17) is 11.5 Å². The standard InChI is InChI=1S/C12H16N2S/c13-7-3-5-11(14)10-8-15-12-6-2-1-4-9(10)12/h1-2,4,6,8,11H,3,5,7,13-14H2/t11-/m1/s1. The maximum Gasteiger partial charge on any atom is 0.0346 e. The Morgan fingerprint density at radius 1 is 1.27 bits per heavy atom. The van der Waals surface area contributed by atoms with Crippen LogP contribution in [-0.4, -0.2) is 6.54 Å². The summed E-state index contributed by atoms with van der Waals surface area (Å²) >= 11 is 1.76. The molecule has 3 heteroatoms. The number of nitrogens with two attached hydrogens (primary N) is 2. The molecule has 0 spiro atoms. The number of fused-ring (bicyclic) bond motifs is 1. The second kappa shape index (κ2) is 4.75. The molecule has 1 atom stereocenters. The highest BCUT2D eigenvalue weighted by atomic mass is 32.1. The third-order valence-corrected chi connectivity index (χ3v) is 3.61. The number of benzene rings is 1. The predicted molar refractivity (Wildman–Crippen MR) is 67.0 cm³/mol. The van der Waals surface area contributed by atoms with Gasteiger partial charge in [0.1, 0.15) is 0 Å². The van der Waals surface area contributed by atoms with Crippen LogP contribution >= 0.6 is 11.3 Å². The summed E-state index contributed by atoms with van der Waals surface area (Å²) in [6.45, 7) is 0.718. The largest absolute Gasteiger partial charge is 0.330 e. The van der Waals surface area contributed by atoms with Crippen molar-refractivity contribution in [1.29, 1.82) is 0 Å². The minimum Gasteiger partial charge on any atom is -0.330 e. The molecule has 2 aromatic rings. The van der Waals surface area contributed by atoms with Crippen molar-refractivity contribution in [3.8, 4) is 0 Å². The molecule has 2 nitrogen and oxygen atoms in total. The zero-order chi connectivity index (χ0) is 10.7. The monoisotopic (exact) mass is 220 g/mol. The van der Waals surface area contributed by atoms with Crippen LogP contribution in [0.3, 0.4) is 0 Å². The van der Waals surface area contributed by atoms with Crippen molar-refractivity contribution in [3.63, 3.8) is 0 Å². The van der Waals surface area contributed by atoms with Crippen LogP contribution in [0.1, 0.15) is 24.4 Å². The Labute approximate surface area is 93.9 Å². The molecule has 0 unspecified atom stereocenters. The van der Waals surface area contributed by atoms with Gasteiger partial charge in [0.25, 0.3) is 0 Å². The number of rotatable bonds is 4. The van der Waals surface area contributed by atoms with Gasteiger partial charge in [-0.05, 0) is 41.8 Å². The highest BCUT2D eigenvalue weighted by molar-refractivity contribution is 7.17. The maximum atomic E-state index is 6.14. The molecule has 1 aromatic heterocycles. The lowest BCUT2D eigenvalue weighted by Gasteiger charge is -2.09. The first-order valence-corrected chi connectivity index (χ1v) is 6.12. The molecular formula is C12H16N2S. The first-order chi connectivity index (χ1) is 7.33. The van der Waals surface area contributed by atoms with Crippen molar-refractivity contribution in [2.24, 2.45) is 11.5 Å². The van der Waals surface area contributed by atoms with Gasteiger partial charge in [-0.15, -0.1) is 11.3 Å². The van der Waals surface area contributed by atoms with E-state index < -0.39 is 0 Å². The molecule has 1 aromatic carbocycles. The first kappa shape index (κ1) is 10.6. The summed E-state index contributed by atoms with van der Waals surface area (Å²) in [6, 6.07) is 8.54. The second-order valence-electron chi connectivity index (χ2n) is 3.72. The fraction of sp³-hybridized carbons (Fsp3) is 0.333. The molecule has 15 heavy (non-hydrogen) atoms. The molecule has 4 N–H and O–H groups in total. The van der Waals surface area contributed by atoms with Crippen molar-refractivity contribution < 1.29 is 0 Å². The average Bonchev–Trinajstić information content (AvgIpc) is 2.69. The zero-order valence-electron chi connectivity index (χ0n) is 8.65. The molecule has 0 saturated heterocycles. The molecule has 0 saturated carbocycles. The van der Waals surface area contributed by atoms with Crippen molar-refractivity contribution in [2.75, 3.05) is 6.54 Å². The molecule has 0 fully saturated rings. The Hall–Kier alpha value is -0.900. The fourth-order valence-corrected chi connectivity index (χ4v) is 2.80. The molecule has 0 bridgehead atoms. The van der Waals surface area contributed by atoms with Gasteiger partial charge in [0.2, 0.25) is 0 Å². The van der Waals surface area contributed by atoms with Crippen LogP contribution in [0.15, 0.2) is 29.6 Å².